The van der Waals surface area contributed by atoms with Gasteiger partial charge >= 0.3 is 0 Å². The molecule has 0 aliphatic heterocycles. The summed E-state index contributed by atoms with van der Waals surface area (Å²) in [5.41, 5.74) is 1.64. The maximum absolute atomic E-state index is 13.3. The molecule has 134 valence electrons. The summed E-state index contributed by atoms with van der Waals surface area (Å²) in [6.45, 7) is 4.86. The number of hydrogen-bond donors (Lipinski definition) is 0. The summed E-state index contributed by atoms with van der Waals surface area (Å²) in [6, 6.07) is 8.00. The van der Waals surface area contributed by atoms with Gasteiger partial charge in [-0.15, -0.1) is 0 Å². The van der Waals surface area contributed by atoms with Crippen LogP contribution in [0.15, 0.2) is 53.7 Å². The fraction of sp³-hybridized carbons (Fsp3) is 0.263. The molecule has 0 spiro atoms. The van der Waals surface area contributed by atoms with Crippen LogP contribution in [0.3, 0.4) is 0 Å². The average molecular weight is 354 g/mol. The molecule has 6 nitrogen and oxygen atoms in total. The van der Waals surface area contributed by atoms with Gasteiger partial charge in [-0.05, 0) is 29.7 Å². The highest BCUT2D eigenvalue weighted by molar-refractivity contribution is 5.57. The van der Waals surface area contributed by atoms with E-state index in [1.807, 2.05) is 6.07 Å². The van der Waals surface area contributed by atoms with Crippen molar-refractivity contribution < 1.29 is 9.13 Å². The average Bonchev–Trinajstić information content (AvgIpc) is 2.62. The van der Waals surface area contributed by atoms with Crippen LogP contribution in [-0.2, 0) is 6.54 Å². The molecule has 0 aliphatic rings. The van der Waals surface area contributed by atoms with E-state index in [1.165, 1.54) is 23.0 Å². The topological polar surface area (TPSA) is 69.9 Å². The molecular weight excluding hydrogens is 335 g/mol. The summed E-state index contributed by atoms with van der Waals surface area (Å²) < 4.78 is 20.1. The molecule has 0 aromatic carbocycles. The number of rotatable bonds is 6. The van der Waals surface area contributed by atoms with Crippen LogP contribution in [0.25, 0.3) is 11.3 Å². The normalized spacial score (nSPS) is 10.9. The Hall–Kier alpha value is -3.09. The Morgan fingerprint density at radius 1 is 1.15 bits per heavy atom. The number of hydrogen-bond acceptors (Lipinski definition) is 5. The van der Waals surface area contributed by atoms with Crippen molar-refractivity contribution in [2.75, 3.05) is 6.61 Å². The molecule has 0 saturated carbocycles. The van der Waals surface area contributed by atoms with Crippen LogP contribution >= 0.6 is 0 Å². The zero-order valence-electron chi connectivity index (χ0n) is 14.6. The van der Waals surface area contributed by atoms with Crippen LogP contribution in [0.5, 0.6) is 5.88 Å². The molecule has 3 rings (SSSR count). The Labute approximate surface area is 150 Å². The van der Waals surface area contributed by atoms with Crippen molar-refractivity contribution in [3.63, 3.8) is 0 Å². The standard InChI is InChI=1S/C19H19FN4O2/c1-13(2)12-26-18-5-3-15(9-22-18)17-4-6-19(25)24(23-17)11-14-7-16(20)10-21-8-14/h3-10,13H,11-12H2,1-2H3. The summed E-state index contributed by atoms with van der Waals surface area (Å²) in [5, 5.41) is 4.34. The van der Waals surface area contributed by atoms with E-state index in [1.54, 1.807) is 18.3 Å². The van der Waals surface area contributed by atoms with Gasteiger partial charge in [-0.2, -0.15) is 5.10 Å². The predicted molar refractivity (Wildman–Crippen MR) is 95.4 cm³/mol. The van der Waals surface area contributed by atoms with E-state index < -0.39 is 5.82 Å². The van der Waals surface area contributed by atoms with E-state index in [2.05, 4.69) is 28.9 Å². The summed E-state index contributed by atoms with van der Waals surface area (Å²) in [6.07, 6.45) is 4.27. The second-order valence-electron chi connectivity index (χ2n) is 6.32. The molecule has 0 amide bonds. The zero-order valence-corrected chi connectivity index (χ0v) is 14.6. The van der Waals surface area contributed by atoms with Crippen LogP contribution < -0.4 is 10.3 Å². The van der Waals surface area contributed by atoms with Gasteiger partial charge in [0, 0.05) is 30.1 Å². The molecule has 0 N–H and O–H groups in total. The zero-order chi connectivity index (χ0) is 18.5. The highest BCUT2D eigenvalue weighted by Gasteiger charge is 2.07. The monoisotopic (exact) mass is 354 g/mol. The van der Waals surface area contributed by atoms with E-state index in [-0.39, 0.29) is 12.1 Å². The van der Waals surface area contributed by atoms with E-state index in [0.29, 0.717) is 29.7 Å². The quantitative estimate of drug-likeness (QED) is 0.681. The van der Waals surface area contributed by atoms with Crippen molar-refractivity contribution in [3.8, 4) is 17.1 Å². The molecule has 0 unspecified atom stereocenters. The van der Waals surface area contributed by atoms with Gasteiger partial charge in [0.1, 0.15) is 5.82 Å². The molecule has 26 heavy (non-hydrogen) atoms. The van der Waals surface area contributed by atoms with Gasteiger partial charge in [-0.3, -0.25) is 9.78 Å². The van der Waals surface area contributed by atoms with E-state index >= 15 is 0 Å². The lowest BCUT2D eigenvalue weighted by atomic mass is 10.2. The number of ether oxygens (including phenoxy) is 1. The number of nitrogens with zero attached hydrogens (tertiary/aromatic N) is 4. The molecule has 0 aliphatic carbocycles. The first-order valence-corrected chi connectivity index (χ1v) is 8.28. The van der Waals surface area contributed by atoms with Gasteiger partial charge in [0.25, 0.3) is 5.56 Å². The highest BCUT2D eigenvalue weighted by atomic mass is 19.1. The lowest BCUT2D eigenvalue weighted by Gasteiger charge is -2.09. The van der Waals surface area contributed by atoms with Gasteiger partial charge in [-0.25, -0.2) is 14.1 Å². The van der Waals surface area contributed by atoms with E-state index in [4.69, 9.17) is 4.74 Å². The Morgan fingerprint density at radius 3 is 2.69 bits per heavy atom. The molecule has 0 saturated heterocycles. The van der Waals surface area contributed by atoms with Gasteiger partial charge in [-0.1, -0.05) is 13.8 Å². The number of halogens is 1. The highest BCUT2D eigenvalue weighted by Crippen LogP contribution is 2.17. The summed E-state index contributed by atoms with van der Waals surface area (Å²) in [4.78, 5) is 20.1. The van der Waals surface area contributed by atoms with Crippen molar-refractivity contribution in [2.45, 2.75) is 20.4 Å². The summed E-state index contributed by atoms with van der Waals surface area (Å²) in [7, 11) is 0. The Kier molecular flexibility index (Phi) is 5.36. The molecule has 0 bridgehead atoms. The van der Waals surface area contributed by atoms with Crippen LogP contribution in [0.1, 0.15) is 19.4 Å². The first-order valence-electron chi connectivity index (χ1n) is 8.28. The first-order chi connectivity index (χ1) is 12.5. The van der Waals surface area contributed by atoms with Gasteiger partial charge < -0.3 is 4.74 Å². The smallest absolute Gasteiger partial charge is 0.267 e. The van der Waals surface area contributed by atoms with Crippen molar-refractivity contribution in [2.24, 2.45) is 5.92 Å². The largest absolute Gasteiger partial charge is 0.477 e. The van der Waals surface area contributed by atoms with E-state index in [9.17, 15) is 9.18 Å². The van der Waals surface area contributed by atoms with Gasteiger partial charge in [0.2, 0.25) is 5.88 Å². The van der Waals surface area contributed by atoms with Crippen LogP contribution in [-0.4, -0.2) is 26.4 Å². The minimum absolute atomic E-state index is 0.139. The summed E-state index contributed by atoms with van der Waals surface area (Å²) in [5.74, 6) is 0.508. The maximum Gasteiger partial charge on any atom is 0.267 e. The number of aromatic nitrogens is 4. The Balaban J connectivity index is 1.81. The maximum atomic E-state index is 13.3. The minimum Gasteiger partial charge on any atom is -0.477 e. The second kappa shape index (κ2) is 7.86. The summed E-state index contributed by atoms with van der Waals surface area (Å²) >= 11 is 0. The third kappa shape index (κ3) is 4.50. The lowest BCUT2D eigenvalue weighted by Crippen LogP contribution is -2.23. The minimum atomic E-state index is -0.451. The van der Waals surface area contributed by atoms with Gasteiger partial charge in [0.05, 0.1) is 25.0 Å². The van der Waals surface area contributed by atoms with Crippen LogP contribution in [0.4, 0.5) is 4.39 Å². The molecule has 0 radical (unpaired) electrons. The SMILES string of the molecule is CC(C)COc1ccc(-c2ccc(=O)n(Cc3cncc(F)c3)n2)cn1. The van der Waals surface area contributed by atoms with Crippen molar-refractivity contribution in [1.82, 2.24) is 19.7 Å². The van der Waals surface area contributed by atoms with Crippen molar-refractivity contribution >= 4 is 0 Å². The van der Waals surface area contributed by atoms with E-state index in [0.717, 1.165) is 11.8 Å². The molecule has 3 heterocycles. The Bertz CT molecular complexity index is 939. The second-order valence-corrected chi connectivity index (χ2v) is 6.32. The van der Waals surface area contributed by atoms with Crippen LogP contribution in [0.2, 0.25) is 0 Å². The molecule has 0 fully saturated rings. The third-order valence-electron chi connectivity index (χ3n) is 3.56. The van der Waals surface area contributed by atoms with Crippen LogP contribution in [0, 0.1) is 11.7 Å². The predicted octanol–water partition coefficient (Wildman–Crippen LogP) is 2.92. The third-order valence-corrected chi connectivity index (χ3v) is 3.56. The molecule has 3 aromatic rings. The molecule has 3 aromatic heterocycles. The number of pyridine rings is 2. The fourth-order valence-electron chi connectivity index (χ4n) is 2.30. The lowest BCUT2D eigenvalue weighted by molar-refractivity contribution is 0.261. The molecule has 7 heteroatoms. The van der Waals surface area contributed by atoms with Gasteiger partial charge in [0.15, 0.2) is 0 Å². The van der Waals surface area contributed by atoms with Crippen molar-refractivity contribution in [1.29, 1.82) is 0 Å². The van der Waals surface area contributed by atoms with Crippen molar-refractivity contribution in [3.05, 3.63) is 70.7 Å². The molecule has 0 atom stereocenters. The molecular formula is C19H19FN4O2. The fourth-order valence-corrected chi connectivity index (χ4v) is 2.30. The first kappa shape index (κ1) is 17.7. The Morgan fingerprint density at radius 2 is 2.00 bits per heavy atom.